The molecule has 0 saturated carbocycles. The molecular weight excluding hydrogens is 474 g/mol. The van der Waals surface area contributed by atoms with Gasteiger partial charge in [-0.25, -0.2) is 4.79 Å². The lowest BCUT2D eigenvalue weighted by Gasteiger charge is -2.24. The van der Waals surface area contributed by atoms with Crippen molar-refractivity contribution in [2.75, 3.05) is 6.61 Å². The van der Waals surface area contributed by atoms with Crippen LogP contribution in [-0.4, -0.2) is 41.1 Å². The number of ketones is 1. The molecule has 1 atom stereocenters. The zero-order chi connectivity index (χ0) is 22.7. The number of fused-ring (bicyclic) bond motifs is 1. The third-order valence-corrected chi connectivity index (χ3v) is 5.72. The Balaban J connectivity index is 1.56. The van der Waals surface area contributed by atoms with Crippen LogP contribution in [0.1, 0.15) is 36.6 Å². The van der Waals surface area contributed by atoms with E-state index >= 15 is 0 Å². The molecule has 0 bridgehead atoms. The number of carbonyl (C=O) groups is 4. The zero-order valence-corrected chi connectivity index (χ0v) is 18.4. The molecule has 3 aromatic rings. The number of ether oxygens (including phenoxy) is 1. The molecule has 1 aliphatic heterocycles. The Bertz CT molecular complexity index is 1160. The van der Waals surface area contributed by atoms with Gasteiger partial charge in [0.1, 0.15) is 6.04 Å². The van der Waals surface area contributed by atoms with Gasteiger partial charge in [0, 0.05) is 16.5 Å². The van der Waals surface area contributed by atoms with Gasteiger partial charge in [0.25, 0.3) is 11.8 Å². The summed E-state index contributed by atoms with van der Waals surface area (Å²) < 4.78 is 6.10. The van der Waals surface area contributed by atoms with Gasteiger partial charge in [-0.1, -0.05) is 70.5 Å². The lowest BCUT2D eigenvalue weighted by Crippen LogP contribution is -2.47. The molecule has 0 saturated heterocycles. The van der Waals surface area contributed by atoms with Gasteiger partial charge in [-0.2, -0.15) is 0 Å². The topological polar surface area (TPSA) is 80.8 Å². The number of esters is 1. The maximum absolute atomic E-state index is 13.0. The van der Waals surface area contributed by atoms with Crippen molar-refractivity contribution in [2.24, 2.45) is 0 Å². The number of halogens is 1. The van der Waals surface area contributed by atoms with Crippen molar-refractivity contribution in [1.29, 1.82) is 0 Å². The number of Topliss-reactive ketones (excluding diaryl/α,β-unsaturated/α-hetero) is 1. The van der Waals surface area contributed by atoms with Crippen molar-refractivity contribution in [2.45, 2.75) is 12.5 Å². The van der Waals surface area contributed by atoms with E-state index in [4.69, 9.17) is 4.74 Å². The number of carbonyl (C=O) groups excluding carboxylic acids is 4. The van der Waals surface area contributed by atoms with E-state index in [1.807, 2.05) is 6.07 Å². The number of rotatable bonds is 7. The summed E-state index contributed by atoms with van der Waals surface area (Å²) in [5.74, 6) is -2.30. The van der Waals surface area contributed by atoms with E-state index in [0.717, 1.165) is 14.9 Å². The van der Waals surface area contributed by atoms with Crippen molar-refractivity contribution < 1.29 is 23.9 Å². The lowest BCUT2D eigenvalue weighted by molar-refractivity contribution is -0.147. The number of benzene rings is 3. The quantitative estimate of drug-likeness (QED) is 0.282. The average molecular weight is 492 g/mol. The van der Waals surface area contributed by atoms with Crippen LogP contribution in [0.5, 0.6) is 0 Å². The summed E-state index contributed by atoms with van der Waals surface area (Å²) in [5.41, 5.74) is 1.63. The van der Waals surface area contributed by atoms with Crippen LogP contribution in [0.15, 0.2) is 83.3 Å². The molecule has 7 heteroatoms. The number of nitrogens with zero attached hydrogens (tertiary/aromatic N) is 1. The van der Waals surface area contributed by atoms with Crippen LogP contribution < -0.4 is 0 Å². The van der Waals surface area contributed by atoms with Crippen molar-refractivity contribution in [3.63, 3.8) is 0 Å². The summed E-state index contributed by atoms with van der Waals surface area (Å²) in [6, 6.07) is 20.9. The minimum Gasteiger partial charge on any atom is -0.456 e. The molecule has 32 heavy (non-hydrogen) atoms. The highest BCUT2D eigenvalue weighted by Gasteiger charge is 2.43. The van der Waals surface area contributed by atoms with Gasteiger partial charge in [-0.3, -0.25) is 19.3 Å². The van der Waals surface area contributed by atoms with Gasteiger partial charge in [0.2, 0.25) is 0 Å². The van der Waals surface area contributed by atoms with Gasteiger partial charge >= 0.3 is 5.97 Å². The summed E-state index contributed by atoms with van der Waals surface area (Å²) in [4.78, 5) is 52.3. The lowest BCUT2D eigenvalue weighted by atomic mass is 10.0. The molecule has 3 aromatic carbocycles. The minimum absolute atomic E-state index is 0.0810. The number of hydrogen-bond acceptors (Lipinski definition) is 5. The maximum Gasteiger partial charge on any atom is 0.330 e. The summed E-state index contributed by atoms with van der Waals surface area (Å²) >= 11 is 3.30. The fraction of sp³-hybridized carbons (Fsp3) is 0.120. The predicted octanol–water partition coefficient (Wildman–Crippen LogP) is 4.08. The molecule has 1 heterocycles. The molecule has 0 N–H and O–H groups in total. The molecule has 0 radical (unpaired) electrons. The molecule has 0 fully saturated rings. The largest absolute Gasteiger partial charge is 0.456 e. The number of imide groups is 1. The number of hydrogen-bond donors (Lipinski definition) is 0. The first-order valence-corrected chi connectivity index (χ1v) is 10.7. The first-order valence-electron chi connectivity index (χ1n) is 9.92. The molecule has 6 nitrogen and oxygen atoms in total. The standard InChI is InChI=1S/C25H18BrNO5/c26-18-12-10-17(11-13-18)22(28)15-32-25(31)21(14-16-6-2-1-3-7-16)27-23(29)19-8-4-5-9-20(19)24(27)30/h1-13,21H,14-15H2/t21-/m1/s1. The minimum atomic E-state index is -1.19. The van der Waals surface area contributed by atoms with Crippen LogP contribution in [0.3, 0.4) is 0 Å². The van der Waals surface area contributed by atoms with Gasteiger partial charge in [-0.05, 0) is 29.8 Å². The molecular formula is C25H18BrNO5. The van der Waals surface area contributed by atoms with Crippen molar-refractivity contribution in [3.8, 4) is 0 Å². The Morgan fingerprint density at radius 2 is 1.38 bits per heavy atom. The Hall–Kier alpha value is -3.58. The fourth-order valence-electron chi connectivity index (χ4n) is 3.56. The Kier molecular flexibility index (Phi) is 6.28. The van der Waals surface area contributed by atoms with Gasteiger partial charge in [0.05, 0.1) is 11.1 Å². The van der Waals surface area contributed by atoms with Crippen molar-refractivity contribution in [3.05, 3.63) is 106 Å². The van der Waals surface area contributed by atoms with E-state index in [1.165, 1.54) is 0 Å². The molecule has 0 aromatic heterocycles. The first-order chi connectivity index (χ1) is 15.5. The van der Waals surface area contributed by atoms with Gasteiger partial charge in [0.15, 0.2) is 12.4 Å². The normalized spacial score (nSPS) is 13.6. The van der Waals surface area contributed by atoms with Crippen LogP contribution in [0.2, 0.25) is 0 Å². The van der Waals surface area contributed by atoms with Gasteiger partial charge < -0.3 is 4.74 Å². The zero-order valence-electron chi connectivity index (χ0n) is 16.9. The van der Waals surface area contributed by atoms with Crippen LogP contribution >= 0.6 is 15.9 Å². The molecule has 1 aliphatic rings. The second kappa shape index (κ2) is 9.28. The highest BCUT2D eigenvalue weighted by atomic mass is 79.9. The second-order valence-corrected chi connectivity index (χ2v) is 8.18. The second-order valence-electron chi connectivity index (χ2n) is 7.27. The Labute approximate surface area is 192 Å². The molecule has 160 valence electrons. The van der Waals surface area contributed by atoms with Crippen LogP contribution in [0, 0.1) is 0 Å². The maximum atomic E-state index is 13.0. The van der Waals surface area contributed by atoms with Gasteiger partial charge in [-0.15, -0.1) is 0 Å². The molecule has 0 spiro atoms. The molecule has 4 rings (SSSR count). The Morgan fingerprint density at radius 3 is 1.97 bits per heavy atom. The first kappa shape index (κ1) is 21.6. The van der Waals surface area contributed by atoms with Crippen molar-refractivity contribution >= 4 is 39.5 Å². The van der Waals surface area contributed by atoms with E-state index in [0.29, 0.717) is 5.56 Å². The summed E-state index contributed by atoms with van der Waals surface area (Å²) in [6.45, 7) is -0.491. The smallest absolute Gasteiger partial charge is 0.330 e. The number of amides is 2. The van der Waals surface area contributed by atoms with E-state index in [9.17, 15) is 19.2 Å². The Morgan fingerprint density at radius 1 is 0.812 bits per heavy atom. The summed E-state index contributed by atoms with van der Waals surface area (Å²) in [7, 11) is 0. The highest BCUT2D eigenvalue weighted by molar-refractivity contribution is 9.10. The van der Waals surface area contributed by atoms with Crippen LogP contribution in [-0.2, 0) is 16.0 Å². The SMILES string of the molecule is O=C(COC(=O)[C@@H](Cc1ccccc1)N1C(=O)c2ccccc2C1=O)c1ccc(Br)cc1. The van der Waals surface area contributed by atoms with E-state index in [-0.39, 0.29) is 23.3 Å². The van der Waals surface area contributed by atoms with Crippen LogP contribution in [0.4, 0.5) is 0 Å². The van der Waals surface area contributed by atoms with Crippen LogP contribution in [0.25, 0.3) is 0 Å². The van der Waals surface area contributed by atoms with E-state index in [1.54, 1.807) is 72.8 Å². The highest BCUT2D eigenvalue weighted by Crippen LogP contribution is 2.26. The molecule has 2 amide bonds. The monoisotopic (exact) mass is 491 g/mol. The average Bonchev–Trinajstić information content (AvgIpc) is 3.07. The molecule has 0 unspecified atom stereocenters. The van der Waals surface area contributed by atoms with E-state index < -0.39 is 30.4 Å². The summed E-state index contributed by atoms with van der Waals surface area (Å²) in [5, 5.41) is 0. The molecule has 0 aliphatic carbocycles. The summed E-state index contributed by atoms with van der Waals surface area (Å²) in [6.07, 6.45) is 0.0810. The van der Waals surface area contributed by atoms with E-state index in [2.05, 4.69) is 15.9 Å². The predicted molar refractivity (Wildman–Crippen MR) is 120 cm³/mol. The fourth-order valence-corrected chi connectivity index (χ4v) is 3.82. The van der Waals surface area contributed by atoms with Crippen molar-refractivity contribution in [1.82, 2.24) is 4.90 Å². The third kappa shape index (κ3) is 4.38. The third-order valence-electron chi connectivity index (χ3n) is 5.19.